The molecule has 0 aliphatic heterocycles. The van der Waals surface area contributed by atoms with Crippen LogP contribution in [-0.2, 0) is 0 Å². The molecular weight excluding hydrogens is 390 g/mol. The van der Waals surface area contributed by atoms with Crippen molar-refractivity contribution >= 4 is 43.5 Å². The summed E-state index contributed by atoms with van der Waals surface area (Å²) in [6, 6.07) is 34.4. The predicted molar refractivity (Wildman–Crippen MR) is 133 cm³/mol. The molecule has 0 aliphatic carbocycles. The van der Waals surface area contributed by atoms with Crippen LogP contribution in [0.15, 0.2) is 116 Å². The van der Waals surface area contributed by atoms with Gasteiger partial charge in [0.05, 0.1) is 28.4 Å². The molecule has 0 aliphatic rings. The number of aromatic nitrogens is 3. The minimum Gasteiger partial charge on any atom is -0.312 e. The second kappa shape index (κ2) is 6.56. The molecule has 32 heavy (non-hydrogen) atoms. The van der Waals surface area contributed by atoms with Gasteiger partial charge in [0.1, 0.15) is 0 Å². The van der Waals surface area contributed by atoms with Gasteiger partial charge in [0.25, 0.3) is 0 Å². The van der Waals surface area contributed by atoms with Crippen molar-refractivity contribution in [3.63, 3.8) is 0 Å². The van der Waals surface area contributed by atoms with Crippen LogP contribution in [0.2, 0.25) is 0 Å². The van der Waals surface area contributed by atoms with E-state index in [0.29, 0.717) is 0 Å². The maximum atomic E-state index is 4.55. The highest BCUT2D eigenvalue weighted by Crippen LogP contribution is 2.38. The van der Waals surface area contributed by atoms with E-state index in [-0.39, 0.29) is 0 Å². The highest BCUT2D eigenvalue weighted by atomic mass is 15.0. The van der Waals surface area contributed by atoms with Gasteiger partial charge in [-0.2, -0.15) is 0 Å². The first-order valence-corrected chi connectivity index (χ1v) is 10.8. The lowest BCUT2D eigenvalue weighted by molar-refractivity contribution is 1.11. The summed E-state index contributed by atoms with van der Waals surface area (Å²) in [6.45, 7) is 0. The zero-order valence-electron chi connectivity index (χ0n) is 17.3. The molecule has 7 rings (SSSR count). The summed E-state index contributed by atoms with van der Waals surface area (Å²) < 4.78 is 4.69. The van der Waals surface area contributed by atoms with Crippen LogP contribution in [0.25, 0.3) is 54.9 Å². The number of para-hydroxylation sites is 2. The summed E-state index contributed by atoms with van der Waals surface area (Å²) in [5, 5.41) is 6.06. The topological polar surface area (TPSA) is 22.8 Å². The minimum absolute atomic E-state index is 1.09. The van der Waals surface area contributed by atoms with Crippen LogP contribution in [0.1, 0.15) is 0 Å². The summed E-state index contributed by atoms with van der Waals surface area (Å²) in [4.78, 5) is 4.55. The number of pyridine rings is 1. The number of hydrogen-bond acceptors (Lipinski definition) is 1. The zero-order valence-corrected chi connectivity index (χ0v) is 17.3. The Kier molecular flexibility index (Phi) is 3.55. The summed E-state index contributed by atoms with van der Waals surface area (Å²) in [7, 11) is 0. The molecule has 0 amide bonds. The maximum absolute atomic E-state index is 4.55. The van der Waals surface area contributed by atoms with Crippen molar-refractivity contribution in [3.8, 4) is 11.4 Å². The monoisotopic (exact) mass is 409 g/mol. The van der Waals surface area contributed by atoms with Gasteiger partial charge in [-0.1, -0.05) is 72.8 Å². The van der Waals surface area contributed by atoms with Crippen molar-refractivity contribution in [2.45, 2.75) is 0 Å². The first kappa shape index (κ1) is 17.3. The standard InChI is InChI=1S/C29H19N3/c1-2-9-22(10-3-1)32-26-13-7-6-12-24(26)25-15-14-20-16-17-31(28(20)29(25)32)27-19-30-18-21-8-4-5-11-23(21)27/h1-19H. The van der Waals surface area contributed by atoms with E-state index in [4.69, 9.17) is 0 Å². The Morgan fingerprint density at radius 1 is 0.531 bits per heavy atom. The van der Waals surface area contributed by atoms with E-state index >= 15 is 0 Å². The summed E-state index contributed by atoms with van der Waals surface area (Å²) in [5.74, 6) is 0. The maximum Gasteiger partial charge on any atom is 0.0788 e. The number of fused-ring (bicyclic) bond motifs is 6. The van der Waals surface area contributed by atoms with Crippen molar-refractivity contribution < 1.29 is 0 Å². The fraction of sp³-hybridized carbons (Fsp3) is 0. The number of nitrogens with zero attached hydrogens (tertiary/aromatic N) is 3. The second-order valence-electron chi connectivity index (χ2n) is 8.15. The minimum atomic E-state index is 1.09. The molecule has 3 heteroatoms. The van der Waals surface area contributed by atoms with E-state index in [9.17, 15) is 0 Å². The molecule has 0 spiro atoms. The SMILES string of the molecule is c1ccc(-n2c3ccccc3c3ccc4ccn(-c5cncc6ccccc56)c4c32)cc1. The quantitative estimate of drug-likeness (QED) is 0.294. The zero-order chi connectivity index (χ0) is 21.1. The van der Waals surface area contributed by atoms with Crippen LogP contribution in [0.3, 0.4) is 0 Å². The highest BCUT2D eigenvalue weighted by Gasteiger charge is 2.18. The van der Waals surface area contributed by atoms with Gasteiger partial charge in [-0.15, -0.1) is 0 Å². The lowest BCUT2D eigenvalue weighted by atomic mass is 10.1. The lowest BCUT2D eigenvalue weighted by Gasteiger charge is -2.13. The van der Waals surface area contributed by atoms with Gasteiger partial charge < -0.3 is 9.13 Å². The Morgan fingerprint density at radius 2 is 1.31 bits per heavy atom. The van der Waals surface area contributed by atoms with Gasteiger partial charge in [-0.25, -0.2) is 0 Å². The molecule has 3 aromatic heterocycles. The lowest BCUT2D eigenvalue weighted by Crippen LogP contribution is -1.99. The van der Waals surface area contributed by atoms with Gasteiger partial charge in [0.2, 0.25) is 0 Å². The molecule has 0 unspecified atom stereocenters. The molecule has 4 aromatic carbocycles. The first-order chi connectivity index (χ1) is 15.9. The van der Waals surface area contributed by atoms with Gasteiger partial charge in [-0.3, -0.25) is 4.98 Å². The summed E-state index contributed by atoms with van der Waals surface area (Å²) in [5.41, 5.74) is 5.88. The molecular formula is C29H19N3. The third-order valence-electron chi connectivity index (χ3n) is 6.41. The van der Waals surface area contributed by atoms with Crippen LogP contribution < -0.4 is 0 Å². The van der Waals surface area contributed by atoms with Crippen molar-refractivity contribution in [3.05, 3.63) is 116 Å². The number of rotatable bonds is 2. The molecule has 3 nitrogen and oxygen atoms in total. The van der Waals surface area contributed by atoms with Crippen molar-refractivity contribution in [2.24, 2.45) is 0 Å². The normalized spacial score (nSPS) is 11.8. The summed E-state index contributed by atoms with van der Waals surface area (Å²) in [6.07, 6.45) is 6.07. The average molecular weight is 409 g/mol. The van der Waals surface area contributed by atoms with Crippen LogP contribution >= 0.6 is 0 Å². The Bertz CT molecular complexity index is 1770. The van der Waals surface area contributed by atoms with Gasteiger partial charge >= 0.3 is 0 Å². The smallest absolute Gasteiger partial charge is 0.0788 e. The first-order valence-electron chi connectivity index (χ1n) is 10.8. The van der Waals surface area contributed by atoms with E-state index < -0.39 is 0 Å². The van der Waals surface area contributed by atoms with Crippen LogP contribution in [0.5, 0.6) is 0 Å². The summed E-state index contributed by atoms with van der Waals surface area (Å²) >= 11 is 0. The molecule has 150 valence electrons. The van der Waals surface area contributed by atoms with Crippen molar-refractivity contribution in [1.82, 2.24) is 14.1 Å². The largest absolute Gasteiger partial charge is 0.312 e. The Hall–Kier alpha value is -4.37. The Balaban J connectivity index is 1.70. The number of benzene rings is 4. The average Bonchev–Trinajstić information content (AvgIpc) is 3.43. The molecule has 0 atom stereocenters. The highest BCUT2D eigenvalue weighted by molar-refractivity contribution is 6.18. The van der Waals surface area contributed by atoms with Gasteiger partial charge in [0, 0.05) is 45.0 Å². The third-order valence-corrected chi connectivity index (χ3v) is 6.41. The molecule has 0 N–H and O–H groups in total. The Morgan fingerprint density at radius 3 is 2.22 bits per heavy atom. The van der Waals surface area contributed by atoms with Gasteiger partial charge in [0.15, 0.2) is 0 Å². The van der Waals surface area contributed by atoms with Crippen LogP contribution in [0, 0.1) is 0 Å². The molecule has 0 fully saturated rings. The molecule has 0 bridgehead atoms. The Labute approximate surface area is 184 Å². The fourth-order valence-electron chi connectivity index (χ4n) is 5.01. The van der Waals surface area contributed by atoms with E-state index in [2.05, 4.69) is 117 Å². The van der Waals surface area contributed by atoms with Crippen LogP contribution in [0.4, 0.5) is 0 Å². The van der Waals surface area contributed by atoms with Crippen molar-refractivity contribution in [2.75, 3.05) is 0 Å². The predicted octanol–water partition coefficient (Wildman–Crippen LogP) is 7.28. The molecule has 7 aromatic rings. The van der Waals surface area contributed by atoms with E-state index in [1.54, 1.807) is 0 Å². The molecule has 3 heterocycles. The third kappa shape index (κ3) is 2.33. The molecule has 0 saturated carbocycles. The molecule has 0 radical (unpaired) electrons. The van der Waals surface area contributed by atoms with E-state index in [1.165, 1.54) is 38.1 Å². The van der Waals surface area contributed by atoms with Crippen molar-refractivity contribution in [1.29, 1.82) is 0 Å². The molecule has 0 saturated heterocycles. The number of hydrogen-bond donors (Lipinski definition) is 0. The van der Waals surface area contributed by atoms with E-state index in [1.807, 2.05) is 12.4 Å². The van der Waals surface area contributed by atoms with E-state index in [0.717, 1.165) is 16.8 Å². The second-order valence-corrected chi connectivity index (χ2v) is 8.15. The van der Waals surface area contributed by atoms with Gasteiger partial charge in [-0.05, 0) is 24.3 Å². The van der Waals surface area contributed by atoms with Crippen LogP contribution in [-0.4, -0.2) is 14.1 Å². The fourth-order valence-corrected chi connectivity index (χ4v) is 5.01.